The van der Waals surface area contributed by atoms with Gasteiger partial charge in [0.2, 0.25) is 11.8 Å². The van der Waals surface area contributed by atoms with Gasteiger partial charge in [-0.05, 0) is 74.8 Å². The summed E-state index contributed by atoms with van der Waals surface area (Å²) in [7, 11) is 1.63. The van der Waals surface area contributed by atoms with Crippen molar-refractivity contribution in [1.82, 2.24) is 20.6 Å². The predicted octanol–water partition coefficient (Wildman–Crippen LogP) is 8.16. The molecule has 1 saturated heterocycles. The summed E-state index contributed by atoms with van der Waals surface area (Å²) in [6.07, 6.45) is 8.48. The zero-order valence-electron chi connectivity index (χ0n) is 26.9. The van der Waals surface area contributed by atoms with E-state index in [9.17, 15) is 9.59 Å². The Morgan fingerprint density at radius 3 is 2.28 bits per heavy atom. The van der Waals surface area contributed by atoms with Crippen LogP contribution in [0.5, 0.6) is 5.88 Å². The lowest BCUT2D eigenvalue weighted by atomic mass is 9.97. The van der Waals surface area contributed by atoms with Crippen LogP contribution in [0.15, 0.2) is 60.8 Å². The van der Waals surface area contributed by atoms with Crippen LogP contribution >= 0.6 is 23.2 Å². The molecule has 7 nitrogen and oxygen atoms in total. The van der Waals surface area contributed by atoms with Crippen molar-refractivity contribution in [2.24, 2.45) is 5.92 Å². The number of nitrogens with zero attached hydrogens (tertiary/aromatic N) is 2. The number of aromatic nitrogens is 2. The van der Waals surface area contributed by atoms with Crippen molar-refractivity contribution in [3.8, 4) is 39.5 Å². The first-order valence-corrected chi connectivity index (χ1v) is 17.2. The van der Waals surface area contributed by atoms with E-state index in [4.69, 9.17) is 37.9 Å². The molecule has 2 aromatic carbocycles. The van der Waals surface area contributed by atoms with E-state index in [0.717, 1.165) is 83.3 Å². The van der Waals surface area contributed by atoms with E-state index in [1.54, 1.807) is 7.11 Å². The van der Waals surface area contributed by atoms with Gasteiger partial charge in [-0.2, -0.15) is 0 Å². The van der Waals surface area contributed by atoms with Crippen LogP contribution in [0, 0.1) is 12.8 Å². The number of rotatable bonds is 12. The number of halogens is 2. The van der Waals surface area contributed by atoms with Crippen LogP contribution in [0.3, 0.4) is 0 Å². The SMILES string of the molecule is COc1nc(-c2cccc(-c3cccc(-c4cc(C)c(CNC[C@@H]5CCC(=O)C5)cn4)c3Cl)c2Cl)ccc1CCC[C@@H]1CCC(=O)N1. The maximum atomic E-state index is 11.6. The highest BCUT2D eigenvalue weighted by atomic mass is 35.5. The van der Waals surface area contributed by atoms with Gasteiger partial charge in [0.1, 0.15) is 5.78 Å². The number of carbonyl (C=O) groups excluding carboxylic acids is 2. The zero-order valence-corrected chi connectivity index (χ0v) is 28.4. The first-order valence-electron chi connectivity index (χ1n) is 16.4. The fourth-order valence-electron chi connectivity index (χ4n) is 6.69. The minimum Gasteiger partial charge on any atom is -0.481 e. The summed E-state index contributed by atoms with van der Waals surface area (Å²) >= 11 is 14.2. The third-order valence-corrected chi connectivity index (χ3v) is 10.2. The molecule has 4 aromatic rings. The molecule has 1 amide bonds. The first kappa shape index (κ1) is 33.1. The summed E-state index contributed by atoms with van der Waals surface area (Å²) < 4.78 is 5.68. The molecule has 2 N–H and O–H groups in total. The molecule has 47 heavy (non-hydrogen) atoms. The fourth-order valence-corrected chi connectivity index (χ4v) is 7.34. The quantitative estimate of drug-likeness (QED) is 0.158. The molecule has 2 atom stereocenters. The standard InChI is InChI=1S/C38H40Cl2N4O3/c1-23-18-34(42-22-26(23)21-41-20-24-12-15-28(45)19-24)32-11-5-9-30(37(32)40)29-8-4-10-31(36(29)39)33-16-13-25(38(44-33)47-2)6-3-7-27-14-17-35(46)43-27/h4-5,8-11,13,16,18,22,24,27,41H,3,6-7,12,14-15,17,19-21H2,1-2H3,(H,43,46)/t24-,27-/m1/s1. The molecule has 2 aromatic heterocycles. The summed E-state index contributed by atoms with van der Waals surface area (Å²) in [5, 5.41) is 7.68. The van der Waals surface area contributed by atoms with Gasteiger partial charge in [-0.3, -0.25) is 14.6 Å². The van der Waals surface area contributed by atoms with Crippen LogP contribution in [-0.2, 0) is 22.6 Å². The lowest BCUT2D eigenvalue weighted by Crippen LogP contribution is -2.25. The summed E-state index contributed by atoms with van der Waals surface area (Å²) in [5.74, 6) is 1.53. The van der Waals surface area contributed by atoms with Crippen LogP contribution < -0.4 is 15.4 Å². The van der Waals surface area contributed by atoms with E-state index in [-0.39, 0.29) is 11.9 Å². The Labute approximate surface area is 286 Å². The second-order valence-corrected chi connectivity index (χ2v) is 13.4. The van der Waals surface area contributed by atoms with Crippen molar-refractivity contribution in [2.75, 3.05) is 13.7 Å². The molecule has 9 heteroatoms. The topological polar surface area (TPSA) is 93.2 Å². The van der Waals surface area contributed by atoms with Crippen molar-refractivity contribution in [1.29, 1.82) is 0 Å². The number of nitrogens with one attached hydrogen (secondary N) is 2. The van der Waals surface area contributed by atoms with Crippen molar-refractivity contribution in [3.63, 3.8) is 0 Å². The van der Waals surface area contributed by atoms with Gasteiger partial charge in [-0.15, -0.1) is 0 Å². The highest BCUT2D eigenvalue weighted by molar-refractivity contribution is 6.39. The van der Waals surface area contributed by atoms with Gasteiger partial charge in [0.05, 0.1) is 28.5 Å². The monoisotopic (exact) mass is 670 g/mol. The molecule has 0 unspecified atom stereocenters. The van der Waals surface area contributed by atoms with Crippen LogP contribution in [0.4, 0.5) is 0 Å². The highest BCUT2D eigenvalue weighted by Gasteiger charge is 2.23. The zero-order chi connectivity index (χ0) is 32.9. The molecular weight excluding hydrogens is 631 g/mol. The second kappa shape index (κ2) is 15.0. The largest absolute Gasteiger partial charge is 0.481 e. The first-order chi connectivity index (χ1) is 22.8. The maximum Gasteiger partial charge on any atom is 0.220 e. The van der Waals surface area contributed by atoms with Gasteiger partial charge in [0.25, 0.3) is 0 Å². The minimum absolute atomic E-state index is 0.144. The van der Waals surface area contributed by atoms with E-state index >= 15 is 0 Å². The van der Waals surface area contributed by atoms with Crippen molar-refractivity contribution in [3.05, 3.63) is 87.5 Å². The second-order valence-electron chi connectivity index (χ2n) is 12.7. The molecule has 1 aliphatic heterocycles. The average Bonchev–Trinajstić information content (AvgIpc) is 3.69. The molecule has 2 aliphatic rings. The highest BCUT2D eigenvalue weighted by Crippen LogP contribution is 2.42. The summed E-state index contributed by atoms with van der Waals surface area (Å²) in [4.78, 5) is 32.7. The lowest BCUT2D eigenvalue weighted by Gasteiger charge is -2.16. The smallest absolute Gasteiger partial charge is 0.220 e. The third kappa shape index (κ3) is 7.69. The summed E-state index contributed by atoms with van der Waals surface area (Å²) in [6.45, 7) is 3.64. The number of pyridine rings is 2. The Kier molecular flexibility index (Phi) is 10.6. The van der Waals surface area contributed by atoms with Crippen LogP contribution in [0.25, 0.3) is 33.6 Å². The van der Waals surface area contributed by atoms with Crippen LogP contribution in [-0.4, -0.2) is 41.4 Å². The van der Waals surface area contributed by atoms with Crippen LogP contribution in [0.2, 0.25) is 10.0 Å². The molecule has 0 bridgehead atoms. The molecule has 6 rings (SSSR count). The number of hydrogen-bond acceptors (Lipinski definition) is 6. The predicted molar refractivity (Wildman–Crippen MR) is 188 cm³/mol. The number of Topliss-reactive ketones (excluding diaryl/α,β-unsaturated/α-hetero) is 1. The lowest BCUT2D eigenvalue weighted by molar-refractivity contribution is -0.119. The molecule has 0 spiro atoms. The number of hydrogen-bond donors (Lipinski definition) is 2. The molecular formula is C38H40Cl2N4O3. The van der Waals surface area contributed by atoms with E-state index in [0.29, 0.717) is 59.1 Å². The van der Waals surface area contributed by atoms with Gasteiger partial charge in [0.15, 0.2) is 0 Å². The molecule has 1 aliphatic carbocycles. The van der Waals surface area contributed by atoms with Gasteiger partial charge in [-0.25, -0.2) is 4.98 Å². The number of ether oxygens (including phenoxy) is 1. The van der Waals surface area contributed by atoms with E-state index < -0.39 is 0 Å². The van der Waals surface area contributed by atoms with Gasteiger partial charge in [-0.1, -0.05) is 65.7 Å². The molecule has 0 radical (unpaired) electrons. The molecule has 244 valence electrons. The molecule has 2 fully saturated rings. The Balaban J connectivity index is 1.19. The van der Waals surface area contributed by atoms with Crippen molar-refractivity contribution < 1.29 is 14.3 Å². The van der Waals surface area contributed by atoms with Gasteiger partial charge >= 0.3 is 0 Å². The fraction of sp³-hybridized carbons (Fsp3) is 0.368. The number of carbonyl (C=O) groups is 2. The summed E-state index contributed by atoms with van der Waals surface area (Å²) in [5.41, 5.74) is 8.03. The van der Waals surface area contributed by atoms with E-state index in [1.165, 1.54) is 0 Å². The Morgan fingerprint density at radius 1 is 0.915 bits per heavy atom. The number of methoxy groups -OCH3 is 1. The molecule has 3 heterocycles. The molecule has 1 saturated carbocycles. The number of amides is 1. The van der Waals surface area contributed by atoms with Crippen molar-refractivity contribution >= 4 is 34.9 Å². The van der Waals surface area contributed by atoms with Gasteiger partial charge < -0.3 is 15.4 Å². The number of ketones is 1. The van der Waals surface area contributed by atoms with Crippen molar-refractivity contribution in [2.45, 2.75) is 70.9 Å². The number of aryl methyl sites for hydroxylation is 2. The summed E-state index contributed by atoms with van der Waals surface area (Å²) in [6, 6.07) is 18.2. The minimum atomic E-state index is 0.144. The average molecular weight is 672 g/mol. The third-order valence-electron chi connectivity index (χ3n) is 9.37. The van der Waals surface area contributed by atoms with E-state index in [1.807, 2.05) is 54.7 Å². The number of benzene rings is 2. The van der Waals surface area contributed by atoms with Crippen LogP contribution in [0.1, 0.15) is 61.6 Å². The van der Waals surface area contributed by atoms with E-state index in [2.05, 4.69) is 23.6 Å². The Morgan fingerprint density at radius 2 is 1.64 bits per heavy atom. The Bertz CT molecular complexity index is 1790. The maximum absolute atomic E-state index is 11.6. The Hall–Kier alpha value is -3.78. The van der Waals surface area contributed by atoms with Gasteiger partial charge in [0, 0.05) is 65.9 Å². The normalized spacial score (nSPS) is 17.7.